The molecule has 16 heavy (non-hydrogen) atoms. The molecule has 0 N–H and O–H groups in total. The second-order valence-corrected chi connectivity index (χ2v) is 5.30. The van der Waals surface area contributed by atoms with Gasteiger partial charge in [-0.1, -0.05) is 48.0 Å². The zero-order valence-corrected chi connectivity index (χ0v) is 11.8. The summed E-state index contributed by atoms with van der Waals surface area (Å²) in [5, 5.41) is 0. The van der Waals surface area contributed by atoms with Crippen LogP contribution in [0, 0.1) is 0 Å². The van der Waals surface area contributed by atoms with E-state index in [2.05, 4.69) is 48.0 Å². The van der Waals surface area contributed by atoms with Crippen LogP contribution in [-0.2, 0) is 6.42 Å². The highest BCUT2D eigenvalue weighted by molar-refractivity contribution is 9.09. The first-order valence-electron chi connectivity index (χ1n) is 6.12. The molecule has 1 aromatic carbocycles. The number of hydrogen-bond acceptors (Lipinski definition) is 1. The second-order valence-electron chi connectivity index (χ2n) is 4.00. The molecule has 0 heterocycles. The summed E-state index contributed by atoms with van der Waals surface area (Å²) in [6, 6.07) is 8.36. The van der Waals surface area contributed by atoms with Crippen LogP contribution in [0.4, 0.5) is 0 Å². The van der Waals surface area contributed by atoms with Gasteiger partial charge in [-0.05, 0) is 37.3 Å². The minimum atomic E-state index is 0.617. The van der Waals surface area contributed by atoms with Crippen molar-refractivity contribution < 1.29 is 4.74 Å². The van der Waals surface area contributed by atoms with Crippen LogP contribution < -0.4 is 4.74 Å². The molecule has 0 aromatic heterocycles. The molecule has 0 saturated heterocycles. The van der Waals surface area contributed by atoms with Crippen LogP contribution in [-0.4, -0.2) is 11.4 Å². The summed E-state index contributed by atoms with van der Waals surface area (Å²) in [6.07, 6.45) is 4.50. The van der Waals surface area contributed by atoms with E-state index in [9.17, 15) is 0 Å². The molecule has 1 aromatic rings. The number of hydrogen-bond donors (Lipinski definition) is 0. The second kappa shape index (κ2) is 7.72. The number of halogens is 1. The Bertz CT molecular complexity index is 299. The molecule has 2 heteroatoms. The van der Waals surface area contributed by atoms with Gasteiger partial charge in [0.15, 0.2) is 0 Å². The Morgan fingerprint density at radius 2 is 2.00 bits per heavy atom. The zero-order chi connectivity index (χ0) is 11.8. The third kappa shape index (κ3) is 4.56. The Balaban J connectivity index is 2.56. The van der Waals surface area contributed by atoms with Crippen molar-refractivity contribution in [1.29, 1.82) is 0 Å². The molecule has 1 nitrogen and oxygen atoms in total. The first-order valence-corrected chi connectivity index (χ1v) is 7.04. The van der Waals surface area contributed by atoms with Gasteiger partial charge in [0.2, 0.25) is 0 Å². The summed E-state index contributed by atoms with van der Waals surface area (Å²) >= 11 is 3.67. The van der Waals surface area contributed by atoms with Crippen LogP contribution in [0.2, 0.25) is 0 Å². The van der Waals surface area contributed by atoms with Gasteiger partial charge >= 0.3 is 0 Å². The average Bonchev–Trinajstić information content (AvgIpc) is 2.34. The molecule has 0 aliphatic carbocycles. The average molecular weight is 285 g/mol. The molecule has 0 saturated carbocycles. The van der Waals surface area contributed by atoms with Gasteiger partial charge in [0.05, 0.1) is 6.61 Å². The maximum Gasteiger partial charge on any atom is 0.122 e. The van der Waals surface area contributed by atoms with Crippen molar-refractivity contribution in [2.45, 2.75) is 44.4 Å². The maximum absolute atomic E-state index is 5.74. The number of aryl methyl sites for hydroxylation is 1. The van der Waals surface area contributed by atoms with Crippen molar-refractivity contribution in [1.82, 2.24) is 0 Å². The highest BCUT2D eigenvalue weighted by Crippen LogP contribution is 2.22. The van der Waals surface area contributed by atoms with Crippen molar-refractivity contribution in [2.75, 3.05) is 6.61 Å². The van der Waals surface area contributed by atoms with E-state index in [1.807, 2.05) is 6.07 Å². The molecular formula is C14H21BrO. The molecule has 0 fully saturated rings. The molecule has 0 radical (unpaired) electrons. The first kappa shape index (κ1) is 13.6. The fraction of sp³-hybridized carbons (Fsp3) is 0.571. The van der Waals surface area contributed by atoms with Crippen LogP contribution >= 0.6 is 15.9 Å². The molecule has 90 valence electrons. The summed E-state index contributed by atoms with van der Waals surface area (Å²) in [7, 11) is 0. The molecule has 0 aliphatic heterocycles. The van der Waals surface area contributed by atoms with Crippen LogP contribution in [0.1, 0.15) is 38.7 Å². The van der Waals surface area contributed by atoms with E-state index in [-0.39, 0.29) is 0 Å². The number of para-hydroxylation sites is 1. The molecular weight excluding hydrogens is 264 g/mol. The first-order chi connectivity index (χ1) is 7.77. The van der Waals surface area contributed by atoms with Crippen molar-refractivity contribution in [3.05, 3.63) is 29.8 Å². The van der Waals surface area contributed by atoms with E-state index < -0.39 is 0 Å². The third-order valence-electron chi connectivity index (χ3n) is 2.60. The minimum Gasteiger partial charge on any atom is -0.493 e. The predicted molar refractivity (Wildman–Crippen MR) is 73.6 cm³/mol. The molecule has 1 unspecified atom stereocenters. The summed E-state index contributed by atoms with van der Waals surface area (Å²) in [5.74, 6) is 1.06. The minimum absolute atomic E-state index is 0.617. The highest BCUT2D eigenvalue weighted by Gasteiger charge is 2.06. The number of benzene rings is 1. The number of ether oxygens (including phenoxy) is 1. The maximum atomic E-state index is 5.74. The van der Waals surface area contributed by atoms with Crippen molar-refractivity contribution in [2.24, 2.45) is 0 Å². The van der Waals surface area contributed by atoms with Crippen LogP contribution in [0.3, 0.4) is 0 Å². The number of alkyl halides is 1. The standard InChI is InChI=1S/C14H21BrO/c1-3-11-16-14-8-6-5-7-12(14)9-10-13(15)4-2/h5-8,13H,3-4,9-11H2,1-2H3. The van der Waals surface area contributed by atoms with Gasteiger partial charge in [-0.15, -0.1) is 0 Å². The number of rotatable bonds is 7. The van der Waals surface area contributed by atoms with Crippen LogP contribution in [0.5, 0.6) is 5.75 Å². The van der Waals surface area contributed by atoms with E-state index >= 15 is 0 Å². The topological polar surface area (TPSA) is 9.23 Å². The Morgan fingerprint density at radius 3 is 2.69 bits per heavy atom. The smallest absolute Gasteiger partial charge is 0.122 e. The summed E-state index contributed by atoms with van der Waals surface area (Å²) in [6.45, 7) is 5.15. The van der Waals surface area contributed by atoms with Crippen LogP contribution in [0.25, 0.3) is 0 Å². The van der Waals surface area contributed by atoms with Gasteiger partial charge in [0, 0.05) is 4.83 Å². The fourth-order valence-corrected chi connectivity index (χ4v) is 1.81. The highest BCUT2D eigenvalue weighted by atomic mass is 79.9. The molecule has 0 spiro atoms. The van der Waals surface area contributed by atoms with E-state index in [1.54, 1.807) is 0 Å². The molecule has 0 amide bonds. The van der Waals surface area contributed by atoms with Gasteiger partial charge in [0.25, 0.3) is 0 Å². The van der Waals surface area contributed by atoms with Crippen molar-refractivity contribution in [3.63, 3.8) is 0 Å². The summed E-state index contributed by atoms with van der Waals surface area (Å²) < 4.78 is 5.74. The molecule has 0 aliphatic rings. The summed E-state index contributed by atoms with van der Waals surface area (Å²) in [4.78, 5) is 0.617. The Morgan fingerprint density at radius 1 is 1.25 bits per heavy atom. The van der Waals surface area contributed by atoms with Gasteiger partial charge in [-0.2, -0.15) is 0 Å². The summed E-state index contributed by atoms with van der Waals surface area (Å²) in [5.41, 5.74) is 1.33. The SMILES string of the molecule is CCCOc1ccccc1CCC(Br)CC. The lowest BCUT2D eigenvalue weighted by atomic mass is 10.1. The van der Waals surface area contributed by atoms with Crippen molar-refractivity contribution in [3.8, 4) is 5.75 Å². The Hall–Kier alpha value is -0.500. The van der Waals surface area contributed by atoms with Gasteiger partial charge < -0.3 is 4.74 Å². The van der Waals surface area contributed by atoms with Gasteiger partial charge in [0.1, 0.15) is 5.75 Å². The fourth-order valence-electron chi connectivity index (χ4n) is 1.58. The lowest BCUT2D eigenvalue weighted by Gasteiger charge is -2.12. The molecule has 0 bridgehead atoms. The van der Waals surface area contributed by atoms with E-state index in [4.69, 9.17) is 4.74 Å². The lowest BCUT2D eigenvalue weighted by molar-refractivity contribution is 0.314. The van der Waals surface area contributed by atoms with Gasteiger partial charge in [-0.25, -0.2) is 0 Å². The van der Waals surface area contributed by atoms with E-state index in [1.165, 1.54) is 18.4 Å². The van der Waals surface area contributed by atoms with E-state index in [0.717, 1.165) is 25.2 Å². The molecule has 1 rings (SSSR count). The van der Waals surface area contributed by atoms with Crippen molar-refractivity contribution >= 4 is 15.9 Å². The normalized spacial score (nSPS) is 12.4. The zero-order valence-electron chi connectivity index (χ0n) is 10.2. The molecule has 1 atom stereocenters. The van der Waals surface area contributed by atoms with Crippen LogP contribution in [0.15, 0.2) is 24.3 Å². The monoisotopic (exact) mass is 284 g/mol. The lowest BCUT2D eigenvalue weighted by Crippen LogP contribution is -2.02. The predicted octanol–water partition coefficient (Wildman–Crippen LogP) is 4.58. The Labute approximate surface area is 107 Å². The third-order valence-corrected chi connectivity index (χ3v) is 3.71. The quantitative estimate of drug-likeness (QED) is 0.666. The van der Waals surface area contributed by atoms with Gasteiger partial charge in [-0.3, -0.25) is 0 Å². The Kier molecular flexibility index (Phi) is 6.55. The van der Waals surface area contributed by atoms with E-state index in [0.29, 0.717) is 4.83 Å². The largest absolute Gasteiger partial charge is 0.493 e.